The van der Waals surface area contributed by atoms with Crippen molar-refractivity contribution in [1.29, 1.82) is 0 Å². The molecular weight excluding hydrogens is 352 g/mol. The smallest absolute Gasteiger partial charge is 0.305 e. The van der Waals surface area contributed by atoms with Crippen molar-refractivity contribution in [3.05, 3.63) is 34.2 Å². The fourth-order valence-corrected chi connectivity index (χ4v) is 3.63. The second kappa shape index (κ2) is 8.12. The highest BCUT2D eigenvalue weighted by Crippen LogP contribution is 2.34. The van der Waals surface area contributed by atoms with Gasteiger partial charge in [0.2, 0.25) is 5.91 Å². The molecule has 0 atom stereocenters. The molecule has 8 heteroatoms. The minimum absolute atomic E-state index is 0.115. The predicted octanol–water partition coefficient (Wildman–Crippen LogP) is 2.61. The van der Waals surface area contributed by atoms with Crippen molar-refractivity contribution in [2.75, 3.05) is 19.6 Å². The third-order valence-corrected chi connectivity index (χ3v) is 5.15. The van der Waals surface area contributed by atoms with Gasteiger partial charge in [-0.25, -0.2) is 0 Å². The molecule has 0 fully saturated rings. The summed E-state index contributed by atoms with van der Waals surface area (Å²) in [6, 6.07) is 7.41. The van der Waals surface area contributed by atoms with Crippen LogP contribution in [-0.2, 0) is 9.59 Å². The van der Waals surface area contributed by atoms with Gasteiger partial charge >= 0.3 is 5.97 Å². The van der Waals surface area contributed by atoms with E-state index in [-0.39, 0.29) is 25.4 Å². The number of carboxylic acid groups (broad SMARTS) is 1. The van der Waals surface area contributed by atoms with Crippen molar-refractivity contribution in [1.82, 2.24) is 10.2 Å². The van der Waals surface area contributed by atoms with Crippen LogP contribution in [0.2, 0.25) is 5.02 Å². The molecule has 0 unspecified atom stereocenters. The van der Waals surface area contributed by atoms with Crippen molar-refractivity contribution in [2.45, 2.75) is 13.3 Å². The molecule has 0 aliphatic rings. The third-order valence-electron chi connectivity index (χ3n) is 3.47. The topological polar surface area (TPSA) is 86.7 Å². The summed E-state index contributed by atoms with van der Waals surface area (Å²) in [4.78, 5) is 36.7. The molecule has 2 aromatic rings. The van der Waals surface area contributed by atoms with E-state index in [0.29, 0.717) is 16.4 Å². The van der Waals surface area contributed by atoms with Crippen LogP contribution in [0.1, 0.15) is 23.0 Å². The summed E-state index contributed by atoms with van der Waals surface area (Å²) >= 11 is 7.50. The summed E-state index contributed by atoms with van der Waals surface area (Å²) in [5.74, 6) is -1.71. The molecule has 1 aromatic heterocycles. The highest BCUT2D eigenvalue weighted by molar-refractivity contribution is 7.21. The Hall–Kier alpha value is -2.12. The summed E-state index contributed by atoms with van der Waals surface area (Å²) in [7, 11) is 0. The Labute approximate surface area is 148 Å². The van der Waals surface area contributed by atoms with Crippen LogP contribution in [-0.4, -0.2) is 47.4 Å². The van der Waals surface area contributed by atoms with Crippen molar-refractivity contribution >= 4 is 50.8 Å². The van der Waals surface area contributed by atoms with E-state index in [9.17, 15) is 14.4 Å². The van der Waals surface area contributed by atoms with Gasteiger partial charge in [0, 0.05) is 23.2 Å². The number of carbonyl (C=O) groups is 3. The number of aliphatic carboxylic acids is 1. The van der Waals surface area contributed by atoms with Gasteiger partial charge in [-0.3, -0.25) is 14.4 Å². The standard InChI is InChI=1S/C16H17ClN2O4S/c1-2-19(8-7-13(21)22)12(20)9-18-16(23)15-14(17)10-5-3-4-6-11(10)24-15/h3-6H,2,7-9H2,1H3,(H,18,23)(H,21,22). The van der Waals surface area contributed by atoms with Gasteiger partial charge in [0.05, 0.1) is 18.0 Å². The number of fused-ring (bicyclic) bond motifs is 1. The number of benzene rings is 1. The van der Waals surface area contributed by atoms with Crippen LogP contribution >= 0.6 is 22.9 Å². The second-order valence-electron chi connectivity index (χ2n) is 5.04. The first kappa shape index (κ1) is 18.2. The number of rotatable bonds is 7. The molecule has 1 heterocycles. The Kier molecular flexibility index (Phi) is 6.16. The van der Waals surface area contributed by atoms with Crippen LogP contribution in [0.15, 0.2) is 24.3 Å². The number of nitrogens with zero attached hydrogens (tertiary/aromatic N) is 1. The first-order valence-corrected chi connectivity index (χ1v) is 8.58. The van der Waals surface area contributed by atoms with Gasteiger partial charge in [-0.05, 0) is 13.0 Å². The number of amides is 2. The van der Waals surface area contributed by atoms with E-state index >= 15 is 0 Å². The lowest BCUT2D eigenvalue weighted by Crippen LogP contribution is -2.40. The quantitative estimate of drug-likeness (QED) is 0.786. The lowest BCUT2D eigenvalue weighted by atomic mass is 10.2. The molecule has 0 bridgehead atoms. The average Bonchev–Trinajstić information content (AvgIpc) is 2.90. The molecular formula is C16H17ClN2O4S. The maximum Gasteiger partial charge on any atom is 0.305 e. The minimum atomic E-state index is -0.970. The first-order valence-electron chi connectivity index (χ1n) is 7.38. The van der Waals surface area contributed by atoms with Crippen LogP contribution < -0.4 is 5.32 Å². The van der Waals surface area contributed by atoms with Crippen LogP contribution in [0.5, 0.6) is 0 Å². The van der Waals surface area contributed by atoms with Crippen molar-refractivity contribution in [3.8, 4) is 0 Å². The van der Waals surface area contributed by atoms with E-state index < -0.39 is 11.9 Å². The van der Waals surface area contributed by atoms with E-state index in [1.165, 1.54) is 16.2 Å². The zero-order valence-corrected chi connectivity index (χ0v) is 14.6. The van der Waals surface area contributed by atoms with E-state index in [1.54, 1.807) is 6.92 Å². The molecule has 0 radical (unpaired) electrons. The molecule has 0 aliphatic heterocycles. The number of thiophene rings is 1. The summed E-state index contributed by atoms with van der Waals surface area (Å²) < 4.78 is 0.899. The Bertz CT molecular complexity index is 775. The van der Waals surface area contributed by atoms with Gasteiger partial charge in [0.1, 0.15) is 4.88 Å². The normalized spacial score (nSPS) is 10.6. The largest absolute Gasteiger partial charge is 0.481 e. The van der Waals surface area contributed by atoms with Crippen molar-refractivity contribution in [2.24, 2.45) is 0 Å². The number of carboxylic acids is 1. The summed E-state index contributed by atoms with van der Waals surface area (Å²) in [5.41, 5.74) is 0. The summed E-state index contributed by atoms with van der Waals surface area (Å²) in [5, 5.41) is 12.4. The summed E-state index contributed by atoms with van der Waals surface area (Å²) in [6.07, 6.45) is -0.129. The fourth-order valence-electron chi connectivity index (χ4n) is 2.20. The second-order valence-corrected chi connectivity index (χ2v) is 6.47. The molecule has 2 rings (SSSR count). The van der Waals surface area contributed by atoms with Gasteiger partial charge in [0.25, 0.3) is 5.91 Å². The molecule has 128 valence electrons. The number of carbonyl (C=O) groups excluding carboxylic acids is 2. The zero-order chi connectivity index (χ0) is 17.7. The van der Waals surface area contributed by atoms with Crippen molar-refractivity contribution < 1.29 is 19.5 Å². The maximum atomic E-state index is 12.3. The lowest BCUT2D eigenvalue weighted by molar-refractivity contribution is -0.138. The molecule has 2 amide bonds. The lowest BCUT2D eigenvalue weighted by Gasteiger charge is -2.20. The van der Waals surface area contributed by atoms with Crippen LogP contribution in [0.25, 0.3) is 10.1 Å². The Morgan fingerprint density at radius 3 is 2.62 bits per heavy atom. The van der Waals surface area contributed by atoms with E-state index in [1.807, 2.05) is 24.3 Å². The Morgan fingerprint density at radius 2 is 2.00 bits per heavy atom. The van der Waals surface area contributed by atoms with Crippen LogP contribution in [0.4, 0.5) is 0 Å². The first-order chi connectivity index (χ1) is 11.4. The third kappa shape index (κ3) is 4.24. The maximum absolute atomic E-state index is 12.3. The number of halogens is 1. The van der Waals surface area contributed by atoms with Crippen molar-refractivity contribution in [3.63, 3.8) is 0 Å². The molecule has 2 N–H and O–H groups in total. The molecule has 0 aliphatic carbocycles. The molecule has 6 nitrogen and oxygen atoms in total. The van der Waals surface area contributed by atoms with E-state index in [0.717, 1.165) is 10.1 Å². The van der Waals surface area contributed by atoms with Gasteiger partial charge in [-0.1, -0.05) is 29.8 Å². The van der Waals surface area contributed by atoms with E-state index in [2.05, 4.69) is 5.32 Å². The highest BCUT2D eigenvalue weighted by atomic mass is 35.5. The van der Waals surface area contributed by atoms with Crippen LogP contribution in [0.3, 0.4) is 0 Å². The number of hydrogen-bond donors (Lipinski definition) is 2. The molecule has 1 aromatic carbocycles. The van der Waals surface area contributed by atoms with Gasteiger partial charge in [-0.2, -0.15) is 0 Å². The fraction of sp³-hybridized carbons (Fsp3) is 0.312. The summed E-state index contributed by atoms with van der Waals surface area (Å²) in [6.45, 7) is 2.05. The van der Waals surface area contributed by atoms with Crippen LogP contribution in [0, 0.1) is 0 Å². The molecule has 0 spiro atoms. The molecule has 0 saturated carbocycles. The number of hydrogen-bond acceptors (Lipinski definition) is 4. The highest BCUT2D eigenvalue weighted by Gasteiger charge is 2.19. The van der Waals surface area contributed by atoms with E-state index in [4.69, 9.17) is 16.7 Å². The minimum Gasteiger partial charge on any atom is -0.481 e. The number of nitrogens with one attached hydrogen (secondary N) is 1. The van der Waals surface area contributed by atoms with Gasteiger partial charge in [-0.15, -0.1) is 11.3 Å². The molecule has 0 saturated heterocycles. The monoisotopic (exact) mass is 368 g/mol. The zero-order valence-electron chi connectivity index (χ0n) is 13.0. The predicted molar refractivity (Wildman–Crippen MR) is 93.7 cm³/mol. The van der Waals surface area contributed by atoms with Gasteiger partial charge < -0.3 is 15.3 Å². The Morgan fingerprint density at radius 1 is 1.29 bits per heavy atom. The Balaban J connectivity index is 1.99. The SMILES string of the molecule is CCN(CCC(=O)O)C(=O)CNC(=O)c1sc2ccccc2c1Cl. The number of likely N-dealkylation sites (N-methyl/N-ethyl adjacent to an activating group) is 1. The van der Waals surface area contributed by atoms with Gasteiger partial charge in [0.15, 0.2) is 0 Å². The molecule has 24 heavy (non-hydrogen) atoms. The average molecular weight is 369 g/mol.